The van der Waals surface area contributed by atoms with Gasteiger partial charge in [0.1, 0.15) is 59.4 Å². The van der Waals surface area contributed by atoms with E-state index in [1.165, 1.54) is 30.3 Å². The Morgan fingerprint density at radius 3 is 2.66 bits per heavy atom. The van der Waals surface area contributed by atoms with Gasteiger partial charge in [0.15, 0.2) is 16.8 Å². The molecule has 50 heavy (non-hydrogen) atoms. The van der Waals surface area contributed by atoms with Gasteiger partial charge >= 0.3 is 0 Å². The van der Waals surface area contributed by atoms with E-state index in [1.54, 1.807) is 19.2 Å². The van der Waals surface area contributed by atoms with Crippen LogP contribution in [-0.2, 0) is 22.6 Å². The van der Waals surface area contributed by atoms with Crippen LogP contribution in [0.1, 0.15) is 30.2 Å². The van der Waals surface area contributed by atoms with E-state index in [1.807, 2.05) is 31.1 Å². The lowest BCUT2D eigenvalue weighted by atomic mass is 9.85. The number of benzene rings is 2. The SMILES string of the molecule is CNCC[C@]1(C)Oc2c(cc3c(=O)cc(C)oc3c2N2C=C3N=CC=C3C2)C[C@H]1OOC[C@@](O)(Cc1ccc(O)cc1)[C@@H](O)[C@H](O)[C@H](O)CO. The average Bonchev–Trinajstić information content (AvgIpc) is 3.70. The van der Waals surface area contributed by atoms with E-state index in [9.17, 15) is 35.4 Å². The van der Waals surface area contributed by atoms with Crippen molar-refractivity contribution in [2.75, 3.05) is 38.3 Å². The predicted octanol–water partition coefficient (Wildman–Crippen LogP) is 1.15. The van der Waals surface area contributed by atoms with Crippen LogP contribution in [0.15, 0.2) is 74.1 Å². The molecule has 6 atom stereocenters. The maximum atomic E-state index is 13.3. The molecule has 268 valence electrons. The van der Waals surface area contributed by atoms with Gasteiger partial charge in [0.05, 0.1) is 24.2 Å². The second-order valence-electron chi connectivity index (χ2n) is 13.4. The molecule has 14 nitrogen and oxygen atoms in total. The van der Waals surface area contributed by atoms with Gasteiger partial charge in [-0.15, -0.1) is 0 Å². The van der Waals surface area contributed by atoms with Crippen LogP contribution in [-0.4, -0.2) is 106 Å². The molecule has 3 aliphatic rings. The number of phenols is 1. The van der Waals surface area contributed by atoms with Crippen LogP contribution in [0.5, 0.6) is 11.5 Å². The molecule has 3 aromatic rings. The number of ether oxygens (including phenoxy) is 1. The lowest BCUT2D eigenvalue weighted by Crippen LogP contribution is -2.58. The quantitative estimate of drug-likeness (QED) is 0.0936. The van der Waals surface area contributed by atoms with Gasteiger partial charge in [-0.25, -0.2) is 9.78 Å². The number of aliphatic hydroxyl groups is 5. The van der Waals surface area contributed by atoms with Crippen molar-refractivity contribution in [2.45, 2.75) is 68.7 Å². The van der Waals surface area contributed by atoms with Gasteiger partial charge in [0.2, 0.25) is 0 Å². The molecule has 6 rings (SSSR count). The highest BCUT2D eigenvalue weighted by Gasteiger charge is 2.47. The van der Waals surface area contributed by atoms with E-state index in [-0.39, 0.29) is 24.0 Å². The monoisotopic (exact) mass is 693 g/mol. The third kappa shape index (κ3) is 6.93. The fraction of sp³-hybridized carbons (Fsp3) is 0.444. The van der Waals surface area contributed by atoms with E-state index in [0.29, 0.717) is 58.8 Å². The van der Waals surface area contributed by atoms with E-state index in [4.69, 9.17) is 18.9 Å². The minimum atomic E-state index is -2.22. The third-order valence-electron chi connectivity index (χ3n) is 9.56. The van der Waals surface area contributed by atoms with Gasteiger partial charge in [-0.05, 0) is 57.3 Å². The third-order valence-corrected chi connectivity index (χ3v) is 9.56. The fourth-order valence-electron chi connectivity index (χ4n) is 6.60. The van der Waals surface area contributed by atoms with Gasteiger partial charge in [-0.2, -0.15) is 0 Å². The van der Waals surface area contributed by atoms with Crippen molar-refractivity contribution in [2.24, 2.45) is 4.99 Å². The molecular formula is C36H43N3O11. The molecule has 0 amide bonds. The molecule has 0 fully saturated rings. The van der Waals surface area contributed by atoms with Crippen LogP contribution in [0.4, 0.5) is 5.69 Å². The number of nitrogens with one attached hydrogen (secondary N) is 1. The molecule has 0 radical (unpaired) electrons. The second kappa shape index (κ2) is 14.2. The van der Waals surface area contributed by atoms with Gasteiger partial charge in [-0.3, -0.25) is 9.79 Å². The molecule has 0 bridgehead atoms. The number of hydrogen-bond donors (Lipinski definition) is 7. The number of rotatable bonds is 14. The van der Waals surface area contributed by atoms with Crippen LogP contribution in [0, 0.1) is 6.92 Å². The largest absolute Gasteiger partial charge is 0.508 e. The number of nitrogens with zero attached hydrogens (tertiary/aromatic N) is 2. The Labute approximate surface area is 288 Å². The van der Waals surface area contributed by atoms with Gasteiger partial charge < -0.3 is 50.0 Å². The lowest BCUT2D eigenvalue weighted by Gasteiger charge is -2.43. The average molecular weight is 694 g/mol. The van der Waals surface area contributed by atoms with Crippen molar-refractivity contribution in [3.63, 3.8) is 0 Å². The summed E-state index contributed by atoms with van der Waals surface area (Å²) in [5.74, 6) is 0.965. The predicted molar refractivity (Wildman–Crippen MR) is 183 cm³/mol. The number of aliphatic imine (C=N–C) groups is 1. The highest BCUT2D eigenvalue weighted by Crippen LogP contribution is 2.48. The van der Waals surface area contributed by atoms with Crippen molar-refractivity contribution < 1.29 is 49.6 Å². The summed E-state index contributed by atoms with van der Waals surface area (Å²) >= 11 is 0. The number of anilines is 1. The van der Waals surface area contributed by atoms with Gasteiger partial charge in [0.25, 0.3) is 0 Å². The minimum Gasteiger partial charge on any atom is -0.508 e. The molecule has 4 heterocycles. The smallest absolute Gasteiger partial charge is 0.193 e. The Bertz CT molecular complexity index is 1870. The summed E-state index contributed by atoms with van der Waals surface area (Å²) in [5, 5.41) is 65.9. The molecule has 0 saturated carbocycles. The Balaban J connectivity index is 1.33. The van der Waals surface area contributed by atoms with Crippen LogP contribution in [0.25, 0.3) is 11.0 Å². The molecule has 0 spiro atoms. The summed E-state index contributed by atoms with van der Waals surface area (Å²) in [6.07, 6.45) is -0.470. The fourth-order valence-corrected chi connectivity index (χ4v) is 6.60. The second-order valence-corrected chi connectivity index (χ2v) is 13.4. The zero-order chi connectivity index (χ0) is 35.8. The number of aryl methyl sites for hydroxylation is 1. The van der Waals surface area contributed by atoms with Crippen molar-refractivity contribution in [1.82, 2.24) is 5.32 Å². The number of aliphatic hydroxyl groups excluding tert-OH is 4. The zero-order valence-electron chi connectivity index (χ0n) is 28.1. The highest BCUT2D eigenvalue weighted by atomic mass is 17.2. The van der Waals surface area contributed by atoms with Crippen LogP contribution in [0.2, 0.25) is 0 Å². The lowest BCUT2D eigenvalue weighted by molar-refractivity contribution is -0.371. The number of phenolic OH excluding ortho intramolecular Hbond substituents is 1. The van der Waals surface area contributed by atoms with Crippen LogP contribution < -0.4 is 20.4 Å². The highest BCUT2D eigenvalue weighted by molar-refractivity contribution is 5.96. The molecule has 0 aliphatic carbocycles. The summed E-state index contributed by atoms with van der Waals surface area (Å²) in [6, 6.07) is 9.01. The Kier molecular flexibility index (Phi) is 10.2. The molecule has 0 unspecified atom stereocenters. The molecule has 1 aromatic heterocycles. The summed E-state index contributed by atoms with van der Waals surface area (Å²) < 4.78 is 13.0. The molecule has 7 N–H and O–H groups in total. The first-order valence-corrected chi connectivity index (χ1v) is 16.5. The minimum absolute atomic E-state index is 0.00902. The zero-order valence-corrected chi connectivity index (χ0v) is 28.1. The van der Waals surface area contributed by atoms with Crippen LogP contribution in [0.3, 0.4) is 0 Å². The van der Waals surface area contributed by atoms with E-state index in [2.05, 4.69) is 10.3 Å². The number of hydrogen-bond acceptors (Lipinski definition) is 14. The van der Waals surface area contributed by atoms with Gasteiger partial charge in [-0.1, -0.05) is 12.1 Å². The summed E-state index contributed by atoms with van der Waals surface area (Å²) in [6.45, 7) is 3.09. The molecular weight excluding hydrogens is 650 g/mol. The van der Waals surface area contributed by atoms with E-state index in [0.717, 1.165) is 11.3 Å². The van der Waals surface area contributed by atoms with Crippen molar-refractivity contribution in [3.05, 3.63) is 87.1 Å². The first-order valence-electron chi connectivity index (χ1n) is 16.5. The van der Waals surface area contributed by atoms with Gasteiger partial charge in [0, 0.05) is 48.9 Å². The maximum Gasteiger partial charge on any atom is 0.193 e. The first kappa shape index (κ1) is 35.7. The van der Waals surface area contributed by atoms with Crippen molar-refractivity contribution in [3.8, 4) is 11.5 Å². The van der Waals surface area contributed by atoms with E-state index >= 15 is 0 Å². The summed E-state index contributed by atoms with van der Waals surface area (Å²) in [7, 11) is 1.81. The maximum absolute atomic E-state index is 13.3. The molecule has 0 saturated heterocycles. The van der Waals surface area contributed by atoms with E-state index < -0.39 is 48.8 Å². The first-order chi connectivity index (χ1) is 23.9. The normalized spacial score (nSPS) is 22.7. The number of aromatic hydroxyl groups is 1. The van der Waals surface area contributed by atoms with Crippen LogP contribution >= 0.6 is 0 Å². The van der Waals surface area contributed by atoms with Crippen molar-refractivity contribution >= 4 is 22.9 Å². The topological polar surface area (TPSA) is 207 Å². The molecule has 2 aromatic carbocycles. The summed E-state index contributed by atoms with van der Waals surface area (Å²) in [5.41, 5.74) is 0.485. The molecule has 14 heteroatoms. The summed E-state index contributed by atoms with van der Waals surface area (Å²) in [4.78, 5) is 31.4. The number of allylic oxidation sites excluding steroid dienone is 1. The Hall–Kier alpha value is -4.12. The standard InChI is InChI=1S/C36H43N3O11/c1-20-12-27(42)25-13-23-14-29(50-47-19-36(46,34(45)31(44)28(43)18-40)15-21-4-6-24(41)7-5-21)35(2,9-11-37-3)49-32(23)30(33(25)48-20)39-16-22-8-10-38-26(22)17-39/h4-8,10,12-13,17,28-29,31,34,37,40-41,43-46H,9,11,14-16,18-19H2,1-3H3/t28-,29-,31-,34+,35+,36+/m1/s1. The van der Waals surface area contributed by atoms with Crippen molar-refractivity contribution in [1.29, 1.82) is 0 Å². The Morgan fingerprint density at radius 1 is 1.20 bits per heavy atom. The molecule has 3 aliphatic heterocycles. The number of fused-ring (bicyclic) bond motifs is 3. The Morgan fingerprint density at radius 2 is 1.96 bits per heavy atom.